The van der Waals surface area contributed by atoms with E-state index < -0.39 is 68.6 Å². The number of phosphoric ester groups is 2. The summed E-state index contributed by atoms with van der Waals surface area (Å²) in [4.78, 5) is 62.3. The number of anilines is 1. The fourth-order valence-corrected chi connectivity index (χ4v) is 7.84. The van der Waals surface area contributed by atoms with Crippen molar-refractivity contribution in [2.75, 3.05) is 25.5 Å². The summed E-state index contributed by atoms with van der Waals surface area (Å²) in [5.74, 6) is -0.0870. The van der Waals surface area contributed by atoms with Crippen LogP contribution in [-0.4, -0.2) is 46.6 Å². The zero-order valence-electron chi connectivity index (χ0n) is 20.0. The lowest BCUT2D eigenvalue weighted by molar-refractivity contribution is -0.254. The first kappa shape index (κ1) is 34.3. The Bertz CT molecular complexity index is 1210. The molecule has 0 spiro atoms. The predicted octanol–water partition coefficient (Wildman–Crippen LogP) is -2.05. The van der Waals surface area contributed by atoms with Gasteiger partial charge in [-0.3, -0.25) is 22.8 Å². The van der Waals surface area contributed by atoms with E-state index in [0.29, 0.717) is 25.8 Å². The van der Waals surface area contributed by atoms with Gasteiger partial charge in [0.05, 0.1) is 19.3 Å². The Balaban J connectivity index is 1.88. The Labute approximate surface area is 221 Å². The normalized spacial score (nSPS) is 25.8. The Kier molecular flexibility index (Phi) is 12.6. The van der Waals surface area contributed by atoms with Crippen LogP contribution in [-0.2, 0) is 45.0 Å². The lowest BCUT2D eigenvalue weighted by Crippen LogP contribution is -2.29. The van der Waals surface area contributed by atoms with Gasteiger partial charge in [-0.15, -0.1) is 0 Å². The lowest BCUT2D eigenvalue weighted by atomic mass is 10.2. The molecule has 0 saturated carbocycles. The topological polar surface area (TPSA) is 323 Å². The summed E-state index contributed by atoms with van der Waals surface area (Å²) >= 11 is 0. The van der Waals surface area contributed by atoms with E-state index in [-0.39, 0.29) is 18.7 Å². The van der Waals surface area contributed by atoms with Crippen LogP contribution in [0.1, 0.15) is 38.3 Å². The third-order valence-electron chi connectivity index (χ3n) is 4.71. The van der Waals surface area contributed by atoms with E-state index in [1.165, 1.54) is 12.3 Å². The molecule has 20 nitrogen and oxygen atoms in total. The quantitative estimate of drug-likeness (QED) is 0.122. The van der Waals surface area contributed by atoms with Gasteiger partial charge in [-0.25, -0.2) is 17.7 Å². The zero-order valence-corrected chi connectivity index (χ0v) is 23.5. The van der Waals surface area contributed by atoms with Crippen molar-refractivity contribution in [3.05, 3.63) is 22.7 Å². The van der Waals surface area contributed by atoms with Gasteiger partial charge in [0.15, 0.2) is 0 Å². The molecule has 0 aromatic carbocycles. The molecule has 1 saturated heterocycles. The first-order valence-electron chi connectivity index (χ1n) is 11.0. The Morgan fingerprint density at radius 2 is 1.54 bits per heavy atom. The van der Waals surface area contributed by atoms with Crippen molar-refractivity contribution in [2.24, 2.45) is 5.73 Å². The van der Waals surface area contributed by atoms with Crippen LogP contribution in [0.25, 0.3) is 0 Å². The maximum Gasteiger partial charge on any atom is 0.351 e. The number of phosphoric acid groups is 4. The second-order valence-corrected chi connectivity index (χ2v) is 13.9. The van der Waals surface area contributed by atoms with Gasteiger partial charge in [0.2, 0.25) is 0 Å². The van der Waals surface area contributed by atoms with Gasteiger partial charge >= 0.3 is 5.69 Å². The third-order valence-corrected chi connectivity index (χ3v) is 10.5. The number of hydrogen-bond acceptors (Lipinski definition) is 19. The highest BCUT2D eigenvalue weighted by molar-refractivity contribution is 7.68. The highest BCUT2D eigenvalue weighted by atomic mass is 31.3. The molecule has 7 atom stereocenters. The summed E-state index contributed by atoms with van der Waals surface area (Å²) in [6.07, 6.45) is -0.993. The molecule has 1 fully saturated rings. The molecule has 1 aromatic heterocycles. The van der Waals surface area contributed by atoms with Gasteiger partial charge in [0.25, 0.3) is 31.3 Å². The highest BCUT2D eigenvalue weighted by Gasteiger charge is 2.37. The fraction of sp³-hybridized carbons (Fsp3) is 0.733. The zero-order chi connectivity index (χ0) is 29.5. The number of unbranched alkanes of at least 4 members (excludes halogenated alkanes) is 3. The summed E-state index contributed by atoms with van der Waals surface area (Å²) in [6.45, 7) is -1.13. The lowest BCUT2D eigenvalue weighted by Gasteiger charge is -2.36. The number of nitrogens with two attached hydrogens (primary N) is 2. The molecule has 1 aliphatic rings. The second kappa shape index (κ2) is 14.3. The van der Waals surface area contributed by atoms with Crippen LogP contribution in [0.5, 0.6) is 0 Å². The SMILES string of the molecule is NCCCCCCOP(=O)([O-])OP(=O)([O-])OP(=O)([O-])OP(=O)([O-])OC[C@H]1O[C@@H](n2ccc(N)nc2=O)CC1O. The molecule has 39 heavy (non-hydrogen) atoms. The summed E-state index contributed by atoms with van der Waals surface area (Å²) in [6, 6.07) is 1.26. The second-order valence-electron chi connectivity index (χ2n) is 7.84. The molecule has 24 heteroatoms. The van der Waals surface area contributed by atoms with E-state index in [0.717, 1.165) is 4.57 Å². The van der Waals surface area contributed by atoms with Crippen molar-refractivity contribution in [1.82, 2.24) is 9.55 Å². The predicted molar refractivity (Wildman–Crippen MR) is 121 cm³/mol. The van der Waals surface area contributed by atoms with Crippen LogP contribution in [0.3, 0.4) is 0 Å². The molecule has 0 amide bonds. The van der Waals surface area contributed by atoms with Gasteiger partial charge in [-0.2, -0.15) is 4.98 Å². The minimum atomic E-state index is -6.36. The van der Waals surface area contributed by atoms with Crippen LogP contribution in [0.4, 0.5) is 5.82 Å². The van der Waals surface area contributed by atoms with Gasteiger partial charge in [0, 0.05) is 12.6 Å². The van der Waals surface area contributed by atoms with Crippen molar-refractivity contribution < 1.29 is 69.7 Å². The van der Waals surface area contributed by atoms with E-state index in [1.807, 2.05) is 0 Å². The summed E-state index contributed by atoms with van der Waals surface area (Å²) < 4.78 is 72.4. The Morgan fingerprint density at radius 3 is 2.13 bits per heavy atom. The molecule has 0 radical (unpaired) electrons. The van der Waals surface area contributed by atoms with Crippen molar-refractivity contribution in [3.8, 4) is 0 Å². The minimum absolute atomic E-state index is 0.0870. The monoisotopic (exact) mass is 642 g/mol. The van der Waals surface area contributed by atoms with Crippen LogP contribution < -0.4 is 36.7 Å². The number of nitrogen functional groups attached to an aromatic ring is 1. The number of aromatic nitrogens is 2. The maximum absolute atomic E-state index is 11.9. The Morgan fingerprint density at radius 1 is 0.974 bits per heavy atom. The number of hydrogen-bond donors (Lipinski definition) is 3. The summed E-state index contributed by atoms with van der Waals surface area (Å²) in [7, 11) is -24.2. The largest absolute Gasteiger partial charge is 0.756 e. The minimum Gasteiger partial charge on any atom is -0.756 e. The number of ether oxygens (including phenoxy) is 1. The first-order chi connectivity index (χ1) is 17.9. The van der Waals surface area contributed by atoms with Crippen molar-refractivity contribution in [1.29, 1.82) is 0 Å². The average Bonchev–Trinajstić information content (AvgIpc) is 3.12. The van der Waals surface area contributed by atoms with Crippen molar-refractivity contribution >= 4 is 37.1 Å². The molecule has 5 N–H and O–H groups in total. The van der Waals surface area contributed by atoms with Gasteiger partial charge in [-0.1, -0.05) is 12.8 Å². The van der Waals surface area contributed by atoms with E-state index in [2.05, 4.69) is 27.0 Å². The first-order valence-corrected chi connectivity index (χ1v) is 16.8. The molecule has 0 bridgehead atoms. The van der Waals surface area contributed by atoms with Crippen LogP contribution in [0.2, 0.25) is 0 Å². The smallest absolute Gasteiger partial charge is 0.351 e. The van der Waals surface area contributed by atoms with Gasteiger partial charge in [0.1, 0.15) is 18.1 Å². The molecule has 2 rings (SSSR count). The van der Waals surface area contributed by atoms with E-state index >= 15 is 0 Å². The van der Waals surface area contributed by atoms with E-state index in [1.54, 1.807) is 0 Å². The number of rotatable bonds is 17. The molecule has 226 valence electrons. The molecule has 1 aromatic rings. The number of aliphatic hydroxyl groups is 1. The van der Waals surface area contributed by atoms with Crippen molar-refractivity contribution in [3.63, 3.8) is 0 Å². The van der Waals surface area contributed by atoms with Crippen molar-refractivity contribution in [2.45, 2.75) is 50.5 Å². The molecular formula is C15H26N4O16P4-4. The third kappa shape index (κ3) is 12.3. The number of nitrogens with zero attached hydrogens (tertiary/aromatic N) is 2. The highest BCUT2D eigenvalue weighted by Crippen LogP contribution is 2.66. The summed E-state index contributed by atoms with van der Waals surface area (Å²) in [5, 5.41) is 10.1. The molecule has 2 heterocycles. The van der Waals surface area contributed by atoms with Gasteiger partial charge in [-0.05, 0) is 25.5 Å². The molecule has 1 aliphatic heterocycles. The number of aliphatic hydroxyl groups excluding tert-OH is 1. The molecule has 0 aliphatic carbocycles. The summed E-state index contributed by atoms with van der Waals surface area (Å²) in [5.41, 5.74) is 9.83. The van der Waals surface area contributed by atoms with Crippen LogP contribution >= 0.6 is 31.3 Å². The maximum atomic E-state index is 11.9. The van der Waals surface area contributed by atoms with E-state index in [9.17, 15) is 47.7 Å². The van der Waals surface area contributed by atoms with Gasteiger partial charge < -0.3 is 49.9 Å². The van der Waals surface area contributed by atoms with Crippen LogP contribution in [0, 0.1) is 0 Å². The Hall–Kier alpha value is -0.880. The molecular weight excluding hydrogens is 616 g/mol. The molecule has 5 unspecified atom stereocenters. The fourth-order valence-electron chi connectivity index (χ4n) is 3.07. The van der Waals surface area contributed by atoms with E-state index in [4.69, 9.17) is 16.2 Å². The van der Waals surface area contributed by atoms with Crippen LogP contribution in [0.15, 0.2) is 17.1 Å². The standard InChI is InChI=1S/C15H30N4O16P4/c16-6-3-1-2-4-8-30-36(22,23)33-38(26,27)35-39(28,29)34-37(24,25)31-10-12-11(20)9-14(32-12)19-7-5-13(17)18-15(19)21/h5,7,11-12,14,20H,1-4,6,8-10,16H2,(H,22,23)(H,24,25)(H,26,27)(H,28,29)(H2,17,18,21)/p-4/t11?,12-,14-/m1/s1. The average molecular weight is 642 g/mol.